The highest BCUT2D eigenvalue weighted by molar-refractivity contribution is 6.06. The van der Waals surface area contributed by atoms with Crippen LogP contribution in [0.2, 0.25) is 0 Å². The molecular weight excluding hydrogens is 232 g/mol. The topological polar surface area (TPSA) is 56.5 Å². The Morgan fingerprint density at radius 3 is 2.94 bits per heavy atom. The number of ketones is 1. The van der Waals surface area contributed by atoms with Crippen LogP contribution in [0.1, 0.15) is 31.9 Å². The minimum atomic E-state index is -0.778. The largest absolute Gasteiger partial charge is 0.469 e. The summed E-state index contributed by atoms with van der Waals surface area (Å²) in [7, 11) is 0. The number of hydrogen-bond acceptors (Lipinski definition) is 4. The number of carbonyl (C=O) groups is 2. The van der Waals surface area contributed by atoms with E-state index in [-0.39, 0.29) is 18.3 Å². The molecule has 0 bridgehead atoms. The smallest absolute Gasteiger partial charge is 0.317 e. The summed E-state index contributed by atoms with van der Waals surface area (Å²) in [5, 5.41) is 0. The monoisotopic (exact) mass is 248 g/mol. The van der Waals surface area contributed by atoms with Crippen molar-refractivity contribution in [2.24, 2.45) is 5.92 Å². The van der Waals surface area contributed by atoms with Crippen molar-refractivity contribution in [1.29, 1.82) is 0 Å². The van der Waals surface area contributed by atoms with E-state index >= 15 is 0 Å². The molecule has 1 aromatic rings. The van der Waals surface area contributed by atoms with Gasteiger partial charge >= 0.3 is 5.97 Å². The molecule has 0 aliphatic heterocycles. The third-order valence-electron chi connectivity index (χ3n) is 3.09. The van der Waals surface area contributed by atoms with Gasteiger partial charge in [0.05, 0.1) is 12.9 Å². The van der Waals surface area contributed by atoms with Crippen LogP contribution in [0.3, 0.4) is 0 Å². The van der Waals surface area contributed by atoms with Gasteiger partial charge in [0.2, 0.25) is 0 Å². The lowest BCUT2D eigenvalue weighted by Gasteiger charge is -2.26. The Labute approximate surface area is 106 Å². The third-order valence-corrected chi connectivity index (χ3v) is 3.09. The molecule has 0 aromatic carbocycles. The minimum Gasteiger partial charge on any atom is -0.469 e. The van der Waals surface area contributed by atoms with Crippen molar-refractivity contribution in [1.82, 2.24) is 0 Å². The predicted octanol–water partition coefficient (Wildman–Crippen LogP) is 2.46. The van der Waals surface area contributed by atoms with Gasteiger partial charge in [-0.2, -0.15) is 0 Å². The summed E-state index contributed by atoms with van der Waals surface area (Å²) < 4.78 is 10.3. The van der Waals surface area contributed by atoms with Gasteiger partial charge in [-0.3, -0.25) is 9.59 Å². The van der Waals surface area contributed by atoms with E-state index in [0.717, 1.165) is 5.57 Å². The lowest BCUT2D eigenvalue weighted by molar-refractivity contribution is -0.152. The number of rotatable bonds is 3. The molecule has 4 heteroatoms. The van der Waals surface area contributed by atoms with Gasteiger partial charge in [-0.1, -0.05) is 5.57 Å². The maximum atomic E-state index is 12.0. The maximum Gasteiger partial charge on any atom is 0.317 e. The van der Waals surface area contributed by atoms with Crippen LogP contribution in [0.25, 0.3) is 0 Å². The molecule has 0 N–H and O–H groups in total. The van der Waals surface area contributed by atoms with E-state index in [1.165, 1.54) is 6.08 Å². The Morgan fingerprint density at radius 1 is 1.56 bits per heavy atom. The van der Waals surface area contributed by atoms with Crippen LogP contribution < -0.4 is 0 Å². The number of carbonyl (C=O) groups excluding carboxylic acids is 2. The molecule has 96 valence electrons. The van der Waals surface area contributed by atoms with Crippen molar-refractivity contribution in [2.75, 3.05) is 6.61 Å². The first-order chi connectivity index (χ1) is 8.63. The van der Waals surface area contributed by atoms with E-state index in [2.05, 4.69) is 0 Å². The standard InChI is InChI=1S/C14H16O4/c1-3-17-14(16)13-10(12-5-4-6-18-12)7-9(2)8-11(13)15/h4-6,8,10,13H,3,7H2,1-2H3/t10-,13-/m0/s1. The van der Waals surface area contributed by atoms with Gasteiger partial charge in [-0.05, 0) is 38.5 Å². The van der Waals surface area contributed by atoms with E-state index in [1.54, 1.807) is 25.3 Å². The van der Waals surface area contributed by atoms with Crippen molar-refractivity contribution in [3.05, 3.63) is 35.8 Å². The summed E-state index contributed by atoms with van der Waals surface area (Å²) in [6.07, 6.45) is 3.72. The molecule has 1 aromatic heterocycles. The van der Waals surface area contributed by atoms with Gasteiger partial charge in [-0.25, -0.2) is 0 Å². The molecule has 0 saturated heterocycles. The quantitative estimate of drug-likeness (QED) is 0.609. The van der Waals surface area contributed by atoms with Crippen LogP contribution in [0.5, 0.6) is 0 Å². The summed E-state index contributed by atoms with van der Waals surface area (Å²) in [4.78, 5) is 23.9. The van der Waals surface area contributed by atoms with E-state index in [9.17, 15) is 9.59 Å². The zero-order valence-electron chi connectivity index (χ0n) is 10.5. The predicted molar refractivity (Wildman–Crippen MR) is 65.0 cm³/mol. The highest BCUT2D eigenvalue weighted by Crippen LogP contribution is 2.36. The first-order valence-electron chi connectivity index (χ1n) is 6.04. The summed E-state index contributed by atoms with van der Waals surface area (Å²) in [5.41, 5.74) is 0.960. The average Bonchev–Trinajstić information content (AvgIpc) is 2.81. The molecule has 18 heavy (non-hydrogen) atoms. The fraction of sp³-hybridized carbons (Fsp3) is 0.429. The van der Waals surface area contributed by atoms with Gasteiger partial charge in [0.25, 0.3) is 0 Å². The number of esters is 1. The number of allylic oxidation sites excluding steroid dienone is 2. The molecule has 1 aliphatic rings. The van der Waals surface area contributed by atoms with Gasteiger partial charge in [0.1, 0.15) is 11.7 Å². The van der Waals surface area contributed by atoms with Crippen LogP contribution in [0, 0.1) is 5.92 Å². The first kappa shape index (κ1) is 12.6. The van der Waals surface area contributed by atoms with E-state index < -0.39 is 11.9 Å². The Bertz CT molecular complexity index is 470. The SMILES string of the molecule is CCOC(=O)[C@@H]1C(=O)C=C(C)C[C@H]1c1ccco1. The van der Waals surface area contributed by atoms with Crippen molar-refractivity contribution < 1.29 is 18.7 Å². The average molecular weight is 248 g/mol. The Kier molecular flexibility index (Phi) is 3.65. The Morgan fingerprint density at radius 2 is 2.33 bits per heavy atom. The Hall–Kier alpha value is -1.84. The molecule has 0 unspecified atom stereocenters. The van der Waals surface area contributed by atoms with E-state index in [0.29, 0.717) is 12.2 Å². The molecule has 1 aliphatic carbocycles. The summed E-state index contributed by atoms with van der Waals surface area (Å²) in [6.45, 7) is 3.89. The first-order valence-corrected chi connectivity index (χ1v) is 6.04. The second-order valence-electron chi connectivity index (χ2n) is 4.45. The van der Waals surface area contributed by atoms with Gasteiger partial charge in [0, 0.05) is 5.92 Å². The second kappa shape index (κ2) is 5.21. The third kappa shape index (κ3) is 2.37. The van der Waals surface area contributed by atoms with Crippen molar-refractivity contribution in [2.45, 2.75) is 26.2 Å². The molecule has 2 atom stereocenters. The van der Waals surface area contributed by atoms with Crippen molar-refractivity contribution in [3.63, 3.8) is 0 Å². The normalized spacial score (nSPS) is 23.7. The Balaban J connectivity index is 2.32. The van der Waals surface area contributed by atoms with E-state index in [1.807, 2.05) is 6.92 Å². The number of ether oxygens (including phenoxy) is 1. The lowest BCUT2D eigenvalue weighted by Crippen LogP contribution is -2.33. The van der Waals surface area contributed by atoms with Crippen LogP contribution in [-0.2, 0) is 14.3 Å². The van der Waals surface area contributed by atoms with Crippen molar-refractivity contribution >= 4 is 11.8 Å². The maximum absolute atomic E-state index is 12.0. The van der Waals surface area contributed by atoms with Gasteiger partial charge in [0.15, 0.2) is 5.78 Å². The van der Waals surface area contributed by atoms with Gasteiger partial charge in [-0.15, -0.1) is 0 Å². The number of furan rings is 1. The molecule has 4 nitrogen and oxygen atoms in total. The molecule has 0 saturated carbocycles. The summed E-state index contributed by atoms with van der Waals surface area (Å²) in [5.74, 6) is -1.03. The molecule has 2 rings (SSSR count). The zero-order chi connectivity index (χ0) is 13.1. The van der Waals surface area contributed by atoms with Crippen molar-refractivity contribution in [3.8, 4) is 0 Å². The summed E-state index contributed by atoms with van der Waals surface area (Å²) >= 11 is 0. The zero-order valence-corrected chi connectivity index (χ0v) is 10.5. The second-order valence-corrected chi connectivity index (χ2v) is 4.45. The van der Waals surface area contributed by atoms with Crippen LogP contribution >= 0.6 is 0 Å². The molecule has 0 radical (unpaired) electrons. The lowest BCUT2D eigenvalue weighted by atomic mass is 9.78. The molecule has 0 amide bonds. The number of hydrogen-bond donors (Lipinski definition) is 0. The van der Waals surface area contributed by atoms with Crippen LogP contribution in [0.4, 0.5) is 0 Å². The molecule has 0 fully saturated rings. The molecule has 0 spiro atoms. The summed E-state index contributed by atoms with van der Waals surface area (Å²) in [6, 6.07) is 3.55. The fourth-order valence-corrected chi connectivity index (χ4v) is 2.33. The van der Waals surface area contributed by atoms with Crippen LogP contribution in [0.15, 0.2) is 34.5 Å². The van der Waals surface area contributed by atoms with Gasteiger partial charge < -0.3 is 9.15 Å². The molecule has 1 heterocycles. The fourth-order valence-electron chi connectivity index (χ4n) is 2.33. The highest BCUT2D eigenvalue weighted by Gasteiger charge is 2.40. The molecular formula is C14H16O4. The highest BCUT2D eigenvalue weighted by atomic mass is 16.5. The minimum absolute atomic E-state index is 0.196. The van der Waals surface area contributed by atoms with Crippen LogP contribution in [-0.4, -0.2) is 18.4 Å². The van der Waals surface area contributed by atoms with E-state index in [4.69, 9.17) is 9.15 Å².